The molecule has 0 saturated heterocycles. The maximum Gasteiger partial charge on any atom is -0.00136 e. The molecule has 0 radical (unpaired) electrons. The van der Waals surface area contributed by atoms with E-state index in [1.807, 2.05) is 6.08 Å². The quantitative estimate of drug-likeness (QED) is 0.212. The summed E-state index contributed by atoms with van der Waals surface area (Å²) in [7, 11) is 0. The van der Waals surface area contributed by atoms with E-state index in [4.69, 9.17) is 0 Å². The van der Waals surface area contributed by atoms with Crippen molar-refractivity contribution in [2.75, 3.05) is 0 Å². The highest BCUT2D eigenvalue weighted by atomic mass is 14.3. The predicted molar refractivity (Wildman–Crippen MR) is 183 cm³/mol. The largest absolute Gasteiger partial charge is 0.0991 e. The van der Waals surface area contributed by atoms with Gasteiger partial charge in [0.1, 0.15) is 0 Å². The molecular weight excluding hydrogens is 504 g/mol. The van der Waals surface area contributed by atoms with E-state index in [1.54, 1.807) is 0 Å². The van der Waals surface area contributed by atoms with E-state index in [-0.39, 0.29) is 0 Å². The summed E-state index contributed by atoms with van der Waals surface area (Å²) in [4.78, 5) is 0. The van der Waals surface area contributed by atoms with Crippen molar-refractivity contribution in [3.8, 4) is 44.5 Å². The fourth-order valence-corrected chi connectivity index (χ4v) is 6.67. The molecule has 0 unspecified atom stereocenters. The van der Waals surface area contributed by atoms with E-state index in [1.165, 1.54) is 89.0 Å². The molecule has 0 saturated carbocycles. The molecule has 2 bridgehead atoms. The Morgan fingerprint density at radius 2 is 1.14 bits per heavy atom. The van der Waals surface area contributed by atoms with Crippen LogP contribution in [0, 0.1) is 27.7 Å². The topological polar surface area (TPSA) is 0 Å². The van der Waals surface area contributed by atoms with Crippen molar-refractivity contribution in [2.24, 2.45) is 0 Å². The Labute approximate surface area is 251 Å². The minimum Gasteiger partial charge on any atom is -0.0991 e. The summed E-state index contributed by atoms with van der Waals surface area (Å²) >= 11 is 0. The van der Waals surface area contributed by atoms with Gasteiger partial charge in [-0.25, -0.2) is 0 Å². The van der Waals surface area contributed by atoms with Gasteiger partial charge in [0.25, 0.3) is 0 Å². The first-order chi connectivity index (χ1) is 20.4. The van der Waals surface area contributed by atoms with Gasteiger partial charge in [-0.1, -0.05) is 104 Å². The van der Waals surface area contributed by atoms with Crippen LogP contribution in [0.1, 0.15) is 40.3 Å². The van der Waals surface area contributed by atoms with E-state index in [0.29, 0.717) is 0 Å². The summed E-state index contributed by atoms with van der Waals surface area (Å²) in [5.41, 5.74) is 20.8. The zero-order valence-electron chi connectivity index (χ0n) is 25.4. The highest BCUT2D eigenvalue weighted by Crippen LogP contribution is 2.43. The molecule has 0 aromatic heterocycles. The first kappa shape index (κ1) is 27.5. The molecule has 42 heavy (non-hydrogen) atoms. The molecule has 0 fully saturated rings. The van der Waals surface area contributed by atoms with Gasteiger partial charge < -0.3 is 0 Å². The Bertz CT molecular complexity index is 1910. The van der Waals surface area contributed by atoms with Crippen LogP contribution in [0.3, 0.4) is 0 Å². The first-order valence-electron chi connectivity index (χ1n) is 14.9. The smallest absolute Gasteiger partial charge is 0.00136 e. The number of hydrogen-bond donors (Lipinski definition) is 0. The summed E-state index contributed by atoms with van der Waals surface area (Å²) in [6, 6.07) is 36.0. The molecule has 0 N–H and O–H groups in total. The van der Waals surface area contributed by atoms with Crippen molar-refractivity contribution in [1.82, 2.24) is 0 Å². The van der Waals surface area contributed by atoms with Gasteiger partial charge in [0.2, 0.25) is 0 Å². The van der Waals surface area contributed by atoms with Crippen LogP contribution in [-0.2, 0) is 6.42 Å². The molecule has 0 nitrogen and oxygen atoms in total. The lowest BCUT2D eigenvalue weighted by molar-refractivity contribution is 1.18. The molecule has 1 aliphatic carbocycles. The van der Waals surface area contributed by atoms with Crippen LogP contribution < -0.4 is 0 Å². The SMILES string of the molecule is C=C/C=C1/Cc2ccccc2-c2cc(-c3ccc(C)c(-c4cccc(-c5ccccc5C)c4C)c3)cc(c2C)/C1=C/C. The van der Waals surface area contributed by atoms with Crippen molar-refractivity contribution in [3.05, 3.63) is 161 Å². The molecule has 6 rings (SSSR count). The van der Waals surface area contributed by atoms with Crippen LogP contribution in [0.5, 0.6) is 0 Å². The molecular formula is C42H38. The summed E-state index contributed by atoms with van der Waals surface area (Å²) in [5, 5.41) is 0. The first-order valence-corrected chi connectivity index (χ1v) is 14.9. The van der Waals surface area contributed by atoms with Crippen LogP contribution in [0.4, 0.5) is 0 Å². The zero-order chi connectivity index (χ0) is 29.4. The molecule has 0 atom stereocenters. The van der Waals surface area contributed by atoms with Crippen LogP contribution in [0.25, 0.3) is 50.1 Å². The van der Waals surface area contributed by atoms with E-state index in [0.717, 1.165) is 6.42 Å². The number of rotatable bonds is 4. The highest BCUT2D eigenvalue weighted by Gasteiger charge is 2.21. The van der Waals surface area contributed by atoms with E-state index < -0.39 is 0 Å². The molecule has 0 spiro atoms. The fraction of sp³-hybridized carbons (Fsp3) is 0.143. The second-order valence-corrected chi connectivity index (χ2v) is 11.5. The van der Waals surface area contributed by atoms with Gasteiger partial charge in [-0.15, -0.1) is 0 Å². The van der Waals surface area contributed by atoms with Crippen LogP contribution in [0.2, 0.25) is 0 Å². The minimum absolute atomic E-state index is 0.893. The maximum atomic E-state index is 4.03. The number of fused-ring (bicyclic) bond motifs is 4. The Morgan fingerprint density at radius 3 is 1.88 bits per heavy atom. The number of allylic oxidation sites excluding steroid dienone is 5. The summed E-state index contributed by atoms with van der Waals surface area (Å²) < 4.78 is 0. The lowest BCUT2D eigenvalue weighted by Gasteiger charge is -2.25. The van der Waals surface area contributed by atoms with Crippen molar-refractivity contribution < 1.29 is 0 Å². The lowest BCUT2D eigenvalue weighted by atomic mass is 9.79. The Kier molecular flexibility index (Phi) is 7.40. The van der Waals surface area contributed by atoms with Gasteiger partial charge in [0.05, 0.1) is 0 Å². The summed E-state index contributed by atoms with van der Waals surface area (Å²) in [5.74, 6) is 0. The van der Waals surface area contributed by atoms with Gasteiger partial charge in [0.15, 0.2) is 0 Å². The van der Waals surface area contributed by atoms with Gasteiger partial charge in [-0.2, -0.15) is 0 Å². The average Bonchev–Trinajstić information content (AvgIpc) is 3.00. The normalized spacial score (nSPS) is 14.4. The second kappa shape index (κ2) is 11.3. The Morgan fingerprint density at radius 1 is 0.548 bits per heavy atom. The Balaban J connectivity index is 1.56. The lowest BCUT2D eigenvalue weighted by Crippen LogP contribution is -2.05. The average molecular weight is 543 g/mol. The molecule has 0 heteroatoms. The van der Waals surface area contributed by atoms with Crippen molar-refractivity contribution in [3.63, 3.8) is 0 Å². The van der Waals surface area contributed by atoms with Gasteiger partial charge in [-0.05, 0) is 148 Å². The standard InChI is InChI=1S/C42H38/c1-7-14-32-23-33-16-10-12-18-39(33)42-26-34(25-41(30(42)6)35(32)8-2)31-22-21-28(4)40(24-31)38-20-13-19-37(29(38)5)36-17-11-9-15-27(36)3/h7-22,24-26H,1,23H2,2-6H3/b32-14-,35-8+. The fourth-order valence-electron chi connectivity index (χ4n) is 6.67. The Hall–Kier alpha value is -4.68. The van der Waals surface area contributed by atoms with Gasteiger partial charge >= 0.3 is 0 Å². The molecule has 0 amide bonds. The molecule has 5 aromatic rings. The van der Waals surface area contributed by atoms with E-state index >= 15 is 0 Å². The maximum absolute atomic E-state index is 4.03. The molecule has 1 aliphatic rings. The predicted octanol–water partition coefficient (Wildman–Crippen LogP) is 11.7. The molecule has 0 aliphatic heterocycles. The molecule has 206 valence electrons. The third-order valence-electron chi connectivity index (χ3n) is 8.97. The summed E-state index contributed by atoms with van der Waals surface area (Å²) in [6.07, 6.45) is 7.25. The van der Waals surface area contributed by atoms with Crippen LogP contribution in [-0.4, -0.2) is 0 Å². The highest BCUT2D eigenvalue weighted by molar-refractivity contribution is 5.92. The van der Waals surface area contributed by atoms with E-state index in [9.17, 15) is 0 Å². The van der Waals surface area contributed by atoms with Gasteiger partial charge in [-0.3, -0.25) is 0 Å². The van der Waals surface area contributed by atoms with Gasteiger partial charge in [0, 0.05) is 0 Å². The minimum atomic E-state index is 0.893. The monoisotopic (exact) mass is 542 g/mol. The molecule has 0 heterocycles. The van der Waals surface area contributed by atoms with Crippen LogP contribution >= 0.6 is 0 Å². The second-order valence-electron chi connectivity index (χ2n) is 11.5. The number of hydrogen-bond acceptors (Lipinski definition) is 0. The van der Waals surface area contributed by atoms with Crippen molar-refractivity contribution in [1.29, 1.82) is 0 Å². The third-order valence-corrected chi connectivity index (χ3v) is 8.97. The van der Waals surface area contributed by atoms with E-state index in [2.05, 4.69) is 150 Å². The number of benzene rings is 5. The van der Waals surface area contributed by atoms with Crippen LogP contribution in [0.15, 0.2) is 127 Å². The third kappa shape index (κ3) is 4.78. The van der Waals surface area contributed by atoms with Crippen molar-refractivity contribution >= 4 is 5.57 Å². The van der Waals surface area contributed by atoms with Crippen molar-refractivity contribution in [2.45, 2.75) is 41.0 Å². The number of aryl methyl sites for hydroxylation is 2. The zero-order valence-corrected chi connectivity index (χ0v) is 25.4. The molecule has 5 aromatic carbocycles. The summed E-state index contributed by atoms with van der Waals surface area (Å²) in [6.45, 7) is 15.1.